The summed E-state index contributed by atoms with van der Waals surface area (Å²) in [6, 6.07) is 6.87. The van der Waals surface area contributed by atoms with E-state index in [2.05, 4.69) is 4.42 Å². The molecule has 2 rings (SSSR count). The Morgan fingerprint density at radius 2 is 2.00 bits per heavy atom. The first-order valence-electron chi connectivity index (χ1n) is 4.92. The summed E-state index contributed by atoms with van der Waals surface area (Å²) in [5.74, 6) is -0.172. The van der Waals surface area contributed by atoms with Crippen molar-refractivity contribution in [3.63, 3.8) is 0 Å². The molecule has 0 radical (unpaired) electrons. The highest BCUT2D eigenvalue weighted by Crippen LogP contribution is 2.07. The van der Waals surface area contributed by atoms with Crippen LogP contribution in [0.1, 0.15) is 6.42 Å². The summed E-state index contributed by atoms with van der Waals surface area (Å²) in [5.41, 5.74) is -0.00316. The van der Waals surface area contributed by atoms with Crippen LogP contribution < -0.4 is 11.4 Å². The van der Waals surface area contributed by atoms with Crippen LogP contribution in [0.15, 0.2) is 38.3 Å². The Hall–Kier alpha value is -1.55. The molecule has 0 aliphatic rings. The highest BCUT2D eigenvalue weighted by Gasteiger charge is 2.07. The summed E-state index contributed by atoms with van der Waals surface area (Å²) < 4.78 is 6.06. The minimum Gasteiger partial charge on any atom is -0.372 e. The first-order chi connectivity index (χ1) is 7.74. The number of para-hydroxylation sites is 1. The Morgan fingerprint density at radius 1 is 1.25 bits per heavy atom. The standard InChI is InChI=1S/C11H10ClNO3/c12-6-3-7-13-9-5-2-1-4-8(9)10(14)16-11(13)15/h1-2,4-5H,3,6-7H2. The van der Waals surface area contributed by atoms with Crippen LogP contribution in [0, 0.1) is 0 Å². The lowest BCUT2D eigenvalue weighted by Gasteiger charge is -2.06. The molecule has 0 saturated carbocycles. The summed E-state index contributed by atoms with van der Waals surface area (Å²) in [5, 5.41) is 0.414. The molecule has 16 heavy (non-hydrogen) atoms. The van der Waals surface area contributed by atoms with Gasteiger partial charge in [0, 0.05) is 12.4 Å². The van der Waals surface area contributed by atoms with Crippen molar-refractivity contribution >= 4 is 22.5 Å². The molecule has 0 aliphatic heterocycles. The number of alkyl halides is 1. The smallest absolute Gasteiger partial charge is 0.372 e. The van der Waals surface area contributed by atoms with Crippen molar-refractivity contribution in [3.8, 4) is 0 Å². The fourth-order valence-electron chi connectivity index (χ4n) is 1.60. The van der Waals surface area contributed by atoms with E-state index in [4.69, 9.17) is 11.6 Å². The predicted molar refractivity (Wildman–Crippen MR) is 62.1 cm³/mol. The van der Waals surface area contributed by atoms with Gasteiger partial charge in [-0.2, -0.15) is 0 Å². The van der Waals surface area contributed by atoms with Crippen molar-refractivity contribution in [2.75, 3.05) is 5.88 Å². The number of hydrogen-bond donors (Lipinski definition) is 0. The van der Waals surface area contributed by atoms with Crippen molar-refractivity contribution in [2.45, 2.75) is 13.0 Å². The first-order valence-corrected chi connectivity index (χ1v) is 5.46. The van der Waals surface area contributed by atoms with E-state index in [0.29, 0.717) is 29.7 Å². The van der Waals surface area contributed by atoms with E-state index in [-0.39, 0.29) is 0 Å². The molecule has 0 spiro atoms. The molecule has 0 N–H and O–H groups in total. The zero-order chi connectivity index (χ0) is 11.5. The third kappa shape index (κ3) is 1.88. The van der Waals surface area contributed by atoms with Gasteiger partial charge in [0.25, 0.3) is 0 Å². The van der Waals surface area contributed by atoms with E-state index in [1.807, 2.05) is 0 Å². The van der Waals surface area contributed by atoms with E-state index in [1.165, 1.54) is 4.57 Å². The zero-order valence-corrected chi connectivity index (χ0v) is 9.24. The number of nitrogens with zero attached hydrogens (tertiary/aromatic N) is 1. The summed E-state index contributed by atoms with van der Waals surface area (Å²) in [7, 11) is 0. The van der Waals surface area contributed by atoms with Crippen LogP contribution in [-0.4, -0.2) is 10.4 Å². The fourth-order valence-corrected chi connectivity index (χ4v) is 1.72. The van der Waals surface area contributed by atoms with Gasteiger partial charge < -0.3 is 4.42 Å². The monoisotopic (exact) mass is 239 g/mol. The largest absolute Gasteiger partial charge is 0.422 e. The van der Waals surface area contributed by atoms with Crippen LogP contribution >= 0.6 is 11.6 Å². The van der Waals surface area contributed by atoms with E-state index in [1.54, 1.807) is 24.3 Å². The quantitative estimate of drug-likeness (QED) is 0.765. The van der Waals surface area contributed by atoms with Gasteiger partial charge in [0.1, 0.15) is 0 Å². The van der Waals surface area contributed by atoms with Gasteiger partial charge in [0.05, 0.1) is 10.9 Å². The predicted octanol–water partition coefficient (Wildman–Crippen LogP) is 1.58. The Morgan fingerprint density at radius 3 is 2.75 bits per heavy atom. The van der Waals surface area contributed by atoms with Crippen LogP contribution in [0.3, 0.4) is 0 Å². The van der Waals surface area contributed by atoms with E-state index in [0.717, 1.165) is 0 Å². The summed E-state index contributed by atoms with van der Waals surface area (Å²) >= 11 is 5.58. The third-order valence-corrected chi connectivity index (χ3v) is 2.60. The molecule has 0 fully saturated rings. The molecule has 5 heteroatoms. The normalized spacial score (nSPS) is 10.8. The number of benzene rings is 1. The van der Waals surface area contributed by atoms with Crippen LogP contribution in [-0.2, 0) is 6.54 Å². The average Bonchev–Trinajstić information content (AvgIpc) is 2.29. The molecule has 1 aromatic heterocycles. The Bertz CT molecular complexity index is 614. The molecule has 1 heterocycles. The van der Waals surface area contributed by atoms with Gasteiger partial charge in [-0.15, -0.1) is 11.6 Å². The molecule has 1 aromatic carbocycles. The Labute approximate surface area is 96.1 Å². The molecule has 0 aliphatic carbocycles. The van der Waals surface area contributed by atoms with E-state index < -0.39 is 11.4 Å². The maximum atomic E-state index is 11.5. The molecule has 2 aromatic rings. The summed E-state index contributed by atoms with van der Waals surface area (Å²) in [6.45, 7) is 0.451. The lowest BCUT2D eigenvalue weighted by atomic mass is 10.2. The SMILES string of the molecule is O=c1oc(=O)n(CCCCl)c2ccccc12. The van der Waals surface area contributed by atoms with Gasteiger partial charge in [-0.05, 0) is 18.6 Å². The second kappa shape index (κ2) is 4.53. The number of halogens is 1. The van der Waals surface area contributed by atoms with Crippen LogP contribution in [0.5, 0.6) is 0 Å². The fraction of sp³-hybridized carbons (Fsp3) is 0.273. The molecule has 0 amide bonds. The Kier molecular flexibility index (Phi) is 3.10. The van der Waals surface area contributed by atoms with Crippen molar-refractivity contribution in [1.82, 2.24) is 4.57 Å². The topological polar surface area (TPSA) is 52.2 Å². The maximum Gasteiger partial charge on any atom is 0.422 e. The lowest BCUT2D eigenvalue weighted by molar-refractivity contribution is 0.415. The molecule has 0 atom stereocenters. The van der Waals surface area contributed by atoms with E-state index >= 15 is 0 Å². The molecular formula is C11H10ClNO3. The van der Waals surface area contributed by atoms with Gasteiger partial charge in [0.15, 0.2) is 0 Å². The average molecular weight is 240 g/mol. The Balaban J connectivity index is 2.72. The minimum absolute atomic E-state index is 0.414. The number of rotatable bonds is 3. The van der Waals surface area contributed by atoms with Gasteiger partial charge in [0.2, 0.25) is 0 Å². The number of aryl methyl sites for hydroxylation is 1. The highest BCUT2D eigenvalue weighted by molar-refractivity contribution is 6.17. The minimum atomic E-state index is -0.631. The molecule has 4 nitrogen and oxygen atoms in total. The second-order valence-corrected chi connectivity index (χ2v) is 3.74. The highest BCUT2D eigenvalue weighted by atomic mass is 35.5. The second-order valence-electron chi connectivity index (χ2n) is 3.37. The van der Waals surface area contributed by atoms with E-state index in [9.17, 15) is 9.59 Å². The zero-order valence-electron chi connectivity index (χ0n) is 8.48. The molecular weight excluding hydrogens is 230 g/mol. The van der Waals surface area contributed by atoms with Gasteiger partial charge >= 0.3 is 11.4 Å². The number of fused-ring (bicyclic) bond motifs is 1. The van der Waals surface area contributed by atoms with Crippen LogP contribution in [0.4, 0.5) is 0 Å². The van der Waals surface area contributed by atoms with Crippen molar-refractivity contribution in [3.05, 3.63) is 45.2 Å². The number of hydrogen-bond acceptors (Lipinski definition) is 3. The van der Waals surface area contributed by atoms with Gasteiger partial charge in [-0.1, -0.05) is 12.1 Å². The van der Waals surface area contributed by atoms with Gasteiger partial charge in [-0.3, -0.25) is 4.57 Å². The van der Waals surface area contributed by atoms with Crippen molar-refractivity contribution in [1.29, 1.82) is 0 Å². The molecule has 84 valence electrons. The molecule has 0 unspecified atom stereocenters. The third-order valence-electron chi connectivity index (χ3n) is 2.33. The van der Waals surface area contributed by atoms with Crippen molar-refractivity contribution in [2.24, 2.45) is 0 Å². The lowest BCUT2D eigenvalue weighted by Crippen LogP contribution is -2.25. The summed E-state index contributed by atoms with van der Waals surface area (Å²) in [6.07, 6.45) is 0.652. The van der Waals surface area contributed by atoms with Crippen LogP contribution in [0.2, 0.25) is 0 Å². The summed E-state index contributed by atoms with van der Waals surface area (Å²) in [4.78, 5) is 22.9. The first kappa shape index (κ1) is 11.0. The maximum absolute atomic E-state index is 11.5. The van der Waals surface area contributed by atoms with Gasteiger partial charge in [-0.25, -0.2) is 9.59 Å². The van der Waals surface area contributed by atoms with Crippen molar-refractivity contribution < 1.29 is 4.42 Å². The molecule has 0 saturated heterocycles. The number of aromatic nitrogens is 1. The van der Waals surface area contributed by atoms with Crippen LogP contribution in [0.25, 0.3) is 10.9 Å². The molecule has 0 bridgehead atoms.